The second-order valence-electron chi connectivity index (χ2n) is 3.68. The van der Waals surface area contributed by atoms with Crippen molar-refractivity contribution in [3.63, 3.8) is 0 Å². The Morgan fingerprint density at radius 2 is 1.93 bits per heavy atom. The lowest BCUT2D eigenvalue weighted by Crippen LogP contribution is -2.36. The molecule has 0 aromatic heterocycles. The lowest BCUT2D eigenvalue weighted by molar-refractivity contribution is -0.137. The van der Waals surface area contributed by atoms with Crippen LogP contribution >= 0.6 is 0 Å². The molecule has 0 heterocycles. The van der Waals surface area contributed by atoms with Crippen LogP contribution < -0.4 is 5.73 Å². The Morgan fingerprint density at radius 3 is 2.36 bits per heavy atom. The summed E-state index contributed by atoms with van der Waals surface area (Å²) in [5.74, 6) is 0. The fourth-order valence-electron chi connectivity index (χ4n) is 1.27. The van der Waals surface area contributed by atoms with Crippen molar-refractivity contribution in [1.82, 2.24) is 4.90 Å². The summed E-state index contributed by atoms with van der Waals surface area (Å²) in [6.07, 6.45) is -3.00. The van der Waals surface area contributed by atoms with Crippen LogP contribution in [-0.4, -0.2) is 37.3 Å². The van der Waals surface area contributed by atoms with Gasteiger partial charge in [-0.1, -0.05) is 13.3 Å². The van der Waals surface area contributed by atoms with Crippen molar-refractivity contribution < 1.29 is 13.2 Å². The second kappa shape index (κ2) is 6.24. The molecule has 0 aromatic carbocycles. The Hall–Kier alpha value is -0.290. The van der Waals surface area contributed by atoms with Gasteiger partial charge in [0.15, 0.2) is 0 Å². The van der Waals surface area contributed by atoms with Gasteiger partial charge in [-0.05, 0) is 13.5 Å². The molecule has 0 spiro atoms. The fourth-order valence-corrected chi connectivity index (χ4v) is 1.27. The van der Waals surface area contributed by atoms with Crippen molar-refractivity contribution in [2.24, 2.45) is 5.73 Å². The molecule has 14 heavy (non-hydrogen) atoms. The van der Waals surface area contributed by atoms with Crippen molar-refractivity contribution in [1.29, 1.82) is 0 Å². The van der Waals surface area contributed by atoms with Crippen LogP contribution in [0.5, 0.6) is 0 Å². The topological polar surface area (TPSA) is 29.3 Å². The first kappa shape index (κ1) is 13.7. The highest BCUT2D eigenvalue weighted by atomic mass is 19.4. The lowest BCUT2D eigenvalue weighted by Gasteiger charge is -2.21. The number of likely N-dealkylation sites (N-methyl/N-ethyl adjacent to an activating group) is 1. The van der Waals surface area contributed by atoms with E-state index in [1.165, 1.54) is 0 Å². The maximum absolute atomic E-state index is 11.8. The van der Waals surface area contributed by atoms with Crippen LogP contribution in [0.3, 0.4) is 0 Å². The zero-order chi connectivity index (χ0) is 11.2. The molecule has 0 aliphatic rings. The number of hydrogen-bond donors (Lipinski definition) is 1. The molecule has 0 aromatic rings. The number of hydrogen-bond acceptors (Lipinski definition) is 2. The van der Waals surface area contributed by atoms with Gasteiger partial charge < -0.3 is 10.6 Å². The van der Waals surface area contributed by atoms with Gasteiger partial charge >= 0.3 is 6.18 Å². The lowest BCUT2D eigenvalue weighted by atomic mass is 10.2. The van der Waals surface area contributed by atoms with E-state index in [1.54, 1.807) is 11.9 Å². The predicted octanol–water partition coefficient (Wildman–Crippen LogP) is 2.00. The van der Waals surface area contributed by atoms with Crippen molar-refractivity contribution in [3.8, 4) is 0 Å². The van der Waals surface area contributed by atoms with Crippen LogP contribution in [0.2, 0.25) is 0 Å². The summed E-state index contributed by atoms with van der Waals surface area (Å²) in [6, 6.07) is -0.0155. The minimum atomic E-state index is -4.07. The first-order chi connectivity index (χ1) is 6.35. The van der Waals surface area contributed by atoms with Crippen LogP contribution in [0, 0.1) is 0 Å². The molecule has 0 saturated carbocycles. The number of nitrogens with two attached hydrogens (primary N) is 1. The summed E-state index contributed by atoms with van der Waals surface area (Å²) in [4.78, 5) is 1.63. The number of rotatable bonds is 6. The summed E-state index contributed by atoms with van der Waals surface area (Å²) in [6.45, 7) is 2.57. The Morgan fingerprint density at radius 1 is 1.36 bits per heavy atom. The molecule has 0 bridgehead atoms. The van der Waals surface area contributed by atoms with Crippen LogP contribution in [0.25, 0.3) is 0 Å². The van der Waals surface area contributed by atoms with E-state index in [-0.39, 0.29) is 12.6 Å². The molecule has 2 nitrogen and oxygen atoms in total. The van der Waals surface area contributed by atoms with Crippen molar-refractivity contribution >= 4 is 0 Å². The average molecular weight is 212 g/mol. The molecule has 1 unspecified atom stereocenters. The van der Waals surface area contributed by atoms with Crippen LogP contribution in [-0.2, 0) is 0 Å². The zero-order valence-electron chi connectivity index (χ0n) is 8.77. The van der Waals surface area contributed by atoms with E-state index >= 15 is 0 Å². The molecule has 0 aliphatic heterocycles. The third kappa shape index (κ3) is 8.31. The van der Waals surface area contributed by atoms with Gasteiger partial charge in [0.25, 0.3) is 0 Å². The van der Waals surface area contributed by atoms with Crippen LogP contribution in [0.15, 0.2) is 0 Å². The van der Waals surface area contributed by atoms with Gasteiger partial charge in [-0.3, -0.25) is 0 Å². The van der Waals surface area contributed by atoms with Crippen LogP contribution in [0.4, 0.5) is 13.2 Å². The van der Waals surface area contributed by atoms with E-state index in [9.17, 15) is 13.2 Å². The third-order valence-electron chi connectivity index (χ3n) is 1.98. The molecular weight excluding hydrogens is 193 g/mol. The highest BCUT2D eigenvalue weighted by molar-refractivity contribution is 4.66. The zero-order valence-corrected chi connectivity index (χ0v) is 8.77. The summed E-state index contributed by atoms with van der Waals surface area (Å²) in [7, 11) is 1.67. The fraction of sp³-hybridized carbons (Fsp3) is 1.00. The van der Waals surface area contributed by atoms with E-state index in [4.69, 9.17) is 5.73 Å². The molecule has 0 aliphatic carbocycles. The minimum absolute atomic E-state index is 0.0155. The van der Waals surface area contributed by atoms with Gasteiger partial charge in [-0.15, -0.1) is 0 Å². The monoisotopic (exact) mass is 212 g/mol. The van der Waals surface area contributed by atoms with E-state index in [0.717, 1.165) is 12.8 Å². The van der Waals surface area contributed by atoms with E-state index < -0.39 is 12.6 Å². The van der Waals surface area contributed by atoms with Gasteiger partial charge in [-0.2, -0.15) is 13.2 Å². The maximum Gasteiger partial charge on any atom is 0.390 e. The van der Waals surface area contributed by atoms with Crippen molar-refractivity contribution in [2.75, 3.05) is 20.1 Å². The highest BCUT2D eigenvalue weighted by Crippen LogP contribution is 2.19. The molecule has 86 valence electrons. The number of nitrogens with zero attached hydrogens (tertiary/aromatic N) is 1. The van der Waals surface area contributed by atoms with E-state index in [1.807, 2.05) is 6.92 Å². The number of alkyl halides is 3. The standard InChI is InChI=1S/C9H19F3N2/c1-3-4-8(13)7-14(2)6-5-9(10,11)12/h8H,3-7,13H2,1-2H3. The minimum Gasteiger partial charge on any atom is -0.327 e. The molecule has 2 N–H and O–H groups in total. The first-order valence-electron chi connectivity index (χ1n) is 4.86. The van der Waals surface area contributed by atoms with E-state index in [2.05, 4.69) is 0 Å². The quantitative estimate of drug-likeness (QED) is 0.729. The molecule has 0 rings (SSSR count). The molecule has 0 radical (unpaired) electrons. The predicted molar refractivity (Wildman–Crippen MR) is 51.1 cm³/mol. The van der Waals surface area contributed by atoms with Crippen molar-refractivity contribution in [3.05, 3.63) is 0 Å². The Balaban J connectivity index is 3.59. The SMILES string of the molecule is CCCC(N)CN(C)CCC(F)(F)F. The molecule has 0 saturated heterocycles. The largest absolute Gasteiger partial charge is 0.390 e. The Labute approximate surface area is 83.3 Å². The molecule has 0 amide bonds. The Kier molecular flexibility index (Phi) is 6.11. The van der Waals surface area contributed by atoms with Gasteiger partial charge in [0.1, 0.15) is 0 Å². The van der Waals surface area contributed by atoms with Gasteiger partial charge in [0, 0.05) is 19.1 Å². The molecular formula is C9H19F3N2. The maximum atomic E-state index is 11.8. The Bertz CT molecular complexity index is 147. The normalized spacial score (nSPS) is 14.8. The summed E-state index contributed by atoms with van der Waals surface area (Å²) in [5, 5.41) is 0. The smallest absolute Gasteiger partial charge is 0.327 e. The summed E-state index contributed by atoms with van der Waals surface area (Å²) >= 11 is 0. The van der Waals surface area contributed by atoms with Crippen LogP contribution in [0.1, 0.15) is 26.2 Å². The third-order valence-corrected chi connectivity index (χ3v) is 1.98. The average Bonchev–Trinajstić information content (AvgIpc) is 2.00. The van der Waals surface area contributed by atoms with Gasteiger partial charge in [-0.25, -0.2) is 0 Å². The second-order valence-corrected chi connectivity index (χ2v) is 3.68. The molecule has 5 heteroatoms. The van der Waals surface area contributed by atoms with E-state index in [0.29, 0.717) is 6.54 Å². The first-order valence-corrected chi connectivity index (χ1v) is 4.86. The molecule has 1 atom stereocenters. The van der Waals surface area contributed by atoms with Gasteiger partial charge in [0.2, 0.25) is 0 Å². The molecule has 0 fully saturated rings. The number of halogens is 3. The van der Waals surface area contributed by atoms with Gasteiger partial charge in [0.05, 0.1) is 6.42 Å². The summed E-state index contributed by atoms with van der Waals surface area (Å²) < 4.78 is 35.5. The summed E-state index contributed by atoms with van der Waals surface area (Å²) in [5.41, 5.74) is 5.70. The highest BCUT2D eigenvalue weighted by Gasteiger charge is 2.27. The van der Waals surface area contributed by atoms with Crippen molar-refractivity contribution in [2.45, 2.75) is 38.4 Å².